The second-order valence-electron chi connectivity index (χ2n) is 9.37. The molecule has 0 aromatic heterocycles. The third kappa shape index (κ3) is 4.63. The van der Waals surface area contributed by atoms with Gasteiger partial charge in [-0.2, -0.15) is 18.4 Å². The topological polar surface area (TPSA) is 103 Å². The third-order valence-electron chi connectivity index (χ3n) is 6.97. The number of amides is 4. The van der Waals surface area contributed by atoms with E-state index in [4.69, 9.17) is 4.74 Å². The molecule has 2 unspecified atom stereocenters. The number of allylic oxidation sites excluding steroid dienone is 1. The van der Waals surface area contributed by atoms with E-state index < -0.39 is 29.8 Å². The SMILES string of the molecule is N#Cc1ccc(C2C3=C(CCC3=O)N(c3cccc(C(F)(F)F)c3)C(=O)N2C(=O)NCC2CCOC2)cc1. The molecule has 196 valence electrons. The highest BCUT2D eigenvalue weighted by molar-refractivity contribution is 6.12. The van der Waals surface area contributed by atoms with Gasteiger partial charge in [0.15, 0.2) is 5.78 Å². The lowest BCUT2D eigenvalue weighted by molar-refractivity contribution is -0.137. The first kappa shape index (κ1) is 25.5. The summed E-state index contributed by atoms with van der Waals surface area (Å²) in [6.45, 7) is 1.24. The third-order valence-corrected chi connectivity index (χ3v) is 6.97. The summed E-state index contributed by atoms with van der Waals surface area (Å²) in [4.78, 5) is 42.6. The molecule has 0 radical (unpaired) electrons. The Kier molecular flexibility index (Phi) is 6.67. The van der Waals surface area contributed by atoms with E-state index in [1.807, 2.05) is 6.07 Å². The number of hydrogen-bond donors (Lipinski definition) is 1. The average molecular weight is 524 g/mol. The predicted octanol–water partition coefficient (Wildman–Crippen LogP) is 4.92. The van der Waals surface area contributed by atoms with Crippen LogP contribution in [0.25, 0.3) is 0 Å². The number of nitrogens with zero attached hydrogens (tertiary/aromatic N) is 3. The van der Waals surface area contributed by atoms with E-state index in [-0.39, 0.29) is 48.0 Å². The number of nitriles is 1. The van der Waals surface area contributed by atoms with Crippen LogP contribution in [0.2, 0.25) is 0 Å². The van der Waals surface area contributed by atoms with Gasteiger partial charge in [0.1, 0.15) is 0 Å². The van der Waals surface area contributed by atoms with Crippen LogP contribution in [0.1, 0.15) is 42.0 Å². The lowest BCUT2D eigenvalue weighted by Crippen LogP contribution is -2.55. The molecule has 0 saturated carbocycles. The largest absolute Gasteiger partial charge is 0.416 e. The van der Waals surface area contributed by atoms with E-state index in [2.05, 4.69) is 5.32 Å². The van der Waals surface area contributed by atoms with Gasteiger partial charge in [0, 0.05) is 36.8 Å². The van der Waals surface area contributed by atoms with Crippen molar-refractivity contribution in [1.82, 2.24) is 10.2 Å². The van der Waals surface area contributed by atoms with E-state index in [9.17, 15) is 32.8 Å². The van der Waals surface area contributed by atoms with E-state index in [1.165, 1.54) is 24.3 Å². The first-order chi connectivity index (χ1) is 18.2. The van der Waals surface area contributed by atoms with Crippen molar-refractivity contribution in [3.05, 3.63) is 76.5 Å². The number of nitrogens with one attached hydrogen (secondary N) is 1. The number of rotatable bonds is 4. The molecule has 4 amide bonds. The van der Waals surface area contributed by atoms with Crippen LogP contribution in [0.3, 0.4) is 0 Å². The molecule has 2 atom stereocenters. The molecule has 0 bridgehead atoms. The lowest BCUT2D eigenvalue weighted by Gasteiger charge is -2.41. The van der Waals surface area contributed by atoms with Crippen molar-refractivity contribution >= 4 is 23.5 Å². The second kappa shape index (κ2) is 9.95. The minimum atomic E-state index is -4.65. The van der Waals surface area contributed by atoms with Crippen LogP contribution in [0, 0.1) is 17.2 Å². The zero-order valence-corrected chi connectivity index (χ0v) is 20.1. The molecule has 0 spiro atoms. The molecule has 2 aromatic carbocycles. The molecule has 8 nitrogen and oxygen atoms in total. The number of anilines is 1. The first-order valence-electron chi connectivity index (χ1n) is 12.1. The Balaban J connectivity index is 1.62. The van der Waals surface area contributed by atoms with Gasteiger partial charge in [-0.3, -0.25) is 9.69 Å². The van der Waals surface area contributed by atoms with Crippen molar-refractivity contribution in [3.8, 4) is 6.07 Å². The smallest absolute Gasteiger partial charge is 0.381 e. The predicted molar refractivity (Wildman–Crippen MR) is 129 cm³/mol. The fraction of sp³-hybridized carbons (Fsp3) is 0.333. The summed E-state index contributed by atoms with van der Waals surface area (Å²) in [7, 11) is 0. The van der Waals surface area contributed by atoms with Gasteiger partial charge in [0.25, 0.3) is 0 Å². The van der Waals surface area contributed by atoms with E-state index >= 15 is 0 Å². The number of carbonyl (C=O) groups is 3. The van der Waals surface area contributed by atoms with Crippen molar-refractivity contribution in [2.45, 2.75) is 31.5 Å². The highest BCUT2D eigenvalue weighted by Gasteiger charge is 2.48. The Hall–Kier alpha value is -4.17. The van der Waals surface area contributed by atoms with Crippen molar-refractivity contribution in [1.29, 1.82) is 5.26 Å². The number of Topliss-reactive ketones (excluding diaryl/α,β-unsaturated/α-hetero) is 1. The van der Waals surface area contributed by atoms with Gasteiger partial charge < -0.3 is 10.1 Å². The maximum Gasteiger partial charge on any atom is 0.416 e. The molecule has 2 aliphatic heterocycles. The Bertz CT molecular complexity index is 1360. The minimum Gasteiger partial charge on any atom is -0.381 e. The molecule has 11 heteroatoms. The number of carbonyl (C=O) groups excluding carboxylic acids is 3. The monoisotopic (exact) mass is 524 g/mol. The Morgan fingerprint density at radius 3 is 2.55 bits per heavy atom. The molecule has 3 aliphatic rings. The zero-order chi connectivity index (χ0) is 27.0. The molecule has 1 aliphatic carbocycles. The number of ketones is 1. The summed E-state index contributed by atoms with van der Waals surface area (Å²) in [6, 6.07) is 9.68. The number of ether oxygens (including phenoxy) is 1. The van der Waals surface area contributed by atoms with Crippen LogP contribution in [0.5, 0.6) is 0 Å². The van der Waals surface area contributed by atoms with Gasteiger partial charge >= 0.3 is 18.2 Å². The van der Waals surface area contributed by atoms with Gasteiger partial charge in [0.05, 0.1) is 35.5 Å². The number of imide groups is 1. The summed E-state index contributed by atoms with van der Waals surface area (Å²) in [5.74, 6) is -0.254. The second-order valence-corrected chi connectivity index (χ2v) is 9.37. The number of benzene rings is 2. The maximum atomic E-state index is 14.0. The molecular formula is C27H23F3N4O4. The van der Waals surface area contributed by atoms with Gasteiger partial charge in [-0.25, -0.2) is 14.5 Å². The van der Waals surface area contributed by atoms with Crippen molar-refractivity contribution in [2.75, 3.05) is 24.7 Å². The van der Waals surface area contributed by atoms with E-state index in [1.54, 1.807) is 12.1 Å². The number of alkyl halides is 3. The normalized spacial score (nSPS) is 21.5. The molecule has 1 saturated heterocycles. The fourth-order valence-corrected chi connectivity index (χ4v) is 5.08. The minimum absolute atomic E-state index is 0.0506. The molecule has 1 N–H and O–H groups in total. The van der Waals surface area contributed by atoms with Crippen LogP contribution < -0.4 is 10.2 Å². The fourth-order valence-electron chi connectivity index (χ4n) is 5.08. The summed E-state index contributed by atoms with van der Waals surface area (Å²) in [6.07, 6.45) is -3.73. The number of halogens is 3. The summed E-state index contributed by atoms with van der Waals surface area (Å²) >= 11 is 0. The maximum absolute atomic E-state index is 14.0. The lowest BCUT2D eigenvalue weighted by atomic mass is 9.92. The summed E-state index contributed by atoms with van der Waals surface area (Å²) in [5, 5.41) is 11.9. The number of hydrogen-bond acceptors (Lipinski definition) is 5. The Morgan fingerprint density at radius 1 is 1.13 bits per heavy atom. The standard InChI is InChI=1S/C27H23F3N4O4/c28-27(29,30)19-2-1-3-20(12-19)33-21-8-9-22(35)23(21)24(18-6-4-16(13-31)5-7-18)34(26(33)37)25(36)32-14-17-10-11-38-15-17/h1-7,12,17,24H,8-11,14-15H2,(H,32,36). The average Bonchev–Trinajstić information content (AvgIpc) is 3.56. The molecule has 5 rings (SSSR count). The molecule has 1 fully saturated rings. The molecule has 2 heterocycles. The first-order valence-corrected chi connectivity index (χ1v) is 12.1. The van der Waals surface area contributed by atoms with Gasteiger partial charge in [-0.15, -0.1) is 0 Å². The van der Waals surface area contributed by atoms with Crippen LogP contribution in [-0.4, -0.2) is 42.5 Å². The Morgan fingerprint density at radius 2 is 1.89 bits per heavy atom. The molecule has 2 aromatic rings. The quantitative estimate of drug-likeness (QED) is 0.612. The van der Waals surface area contributed by atoms with Crippen molar-refractivity contribution in [3.63, 3.8) is 0 Å². The highest BCUT2D eigenvalue weighted by Crippen LogP contribution is 2.45. The molecule has 38 heavy (non-hydrogen) atoms. The Labute approximate surface area is 216 Å². The van der Waals surface area contributed by atoms with Crippen molar-refractivity contribution in [2.24, 2.45) is 5.92 Å². The van der Waals surface area contributed by atoms with E-state index in [0.717, 1.165) is 28.4 Å². The van der Waals surface area contributed by atoms with Gasteiger partial charge in [-0.05, 0) is 48.7 Å². The van der Waals surface area contributed by atoms with Gasteiger partial charge in [0.2, 0.25) is 0 Å². The van der Waals surface area contributed by atoms with Crippen molar-refractivity contribution < 1.29 is 32.3 Å². The van der Waals surface area contributed by atoms with Gasteiger partial charge in [-0.1, -0.05) is 18.2 Å². The van der Waals surface area contributed by atoms with Crippen LogP contribution in [0.15, 0.2) is 59.8 Å². The number of urea groups is 2. The highest BCUT2D eigenvalue weighted by atomic mass is 19.4. The van der Waals surface area contributed by atoms with Crippen LogP contribution in [-0.2, 0) is 15.7 Å². The molecular weight excluding hydrogens is 501 g/mol. The summed E-state index contributed by atoms with van der Waals surface area (Å²) < 4.78 is 45.8. The van der Waals surface area contributed by atoms with E-state index in [0.29, 0.717) is 24.3 Å². The zero-order valence-electron chi connectivity index (χ0n) is 20.1. The summed E-state index contributed by atoms with van der Waals surface area (Å²) in [5.41, 5.74) is 0.176. The van der Waals surface area contributed by atoms with Crippen LogP contribution >= 0.6 is 0 Å². The van der Waals surface area contributed by atoms with Crippen LogP contribution in [0.4, 0.5) is 28.4 Å².